The average molecular weight is 417 g/mol. The van der Waals surface area contributed by atoms with Gasteiger partial charge in [-0.05, 0) is 36.8 Å². The summed E-state index contributed by atoms with van der Waals surface area (Å²) in [6, 6.07) is 6.74. The number of hydrogen-bond acceptors (Lipinski definition) is 5. The van der Waals surface area contributed by atoms with Crippen LogP contribution in [0.15, 0.2) is 36.4 Å². The molecule has 2 aliphatic rings. The first kappa shape index (κ1) is 19.6. The summed E-state index contributed by atoms with van der Waals surface area (Å²) in [4.78, 5) is 38.4. The second-order valence-electron chi connectivity index (χ2n) is 6.98. The highest BCUT2D eigenvalue weighted by Crippen LogP contribution is 2.36. The van der Waals surface area contributed by atoms with Crippen LogP contribution in [0, 0.1) is 11.6 Å². The van der Waals surface area contributed by atoms with Crippen molar-refractivity contribution in [3.8, 4) is 11.5 Å². The van der Waals surface area contributed by atoms with Crippen LogP contribution in [0.3, 0.4) is 0 Å². The van der Waals surface area contributed by atoms with Crippen LogP contribution in [0.4, 0.5) is 19.3 Å². The number of carbonyl (C=O) groups excluding carboxylic acids is 3. The lowest BCUT2D eigenvalue weighted by molar-refractivity contribution is -0.133. The second kappa shape index (κ2) is 7.29. The maximum absolute atomic E-state index is 13.7. The minimum atomic E-state index is -1.42. The number of urea groups is 1. The summed E-state index contributed by atoms with van der Waals surface area (Å²) < 4.78 is 37.7. The monoisotopic (exact) mass is 417 g/mol. The van der Waals surface area contributed by atoms with E-state index in [1.54, 1.807) is 18.2 Å². The van der Waals surface area contributed by atoms with Crippen molar-refractivity contribution in [3.05, 3.63) is 53.6 Å². The SMILES string of the molecule is C[C@]1(c2ccc3c(c2)OCCO3)NC(=O)N(CC(=O)Nc2ccc(F)cc2F)C1=O. The molecule has 4 amide bonds. The van der Waals surface area contributed by atoms with E-state index in [0.717, 1.165) is 17.0 Å². The summed E-state index contributed by atoms with van der Waals surface area (Å²) >= 11 is 0. The van der Waals surface area contributed by atoms with Crippen LogP contribution in [-0.2, 0) is 15.1 Å². The van der Waals surface area contributed by atoms with E-state index in [9.17, 15) is 23.2 Å². The molecule has 156 valence electrons. The summed E-state index contributed by atoms with van der Waals surface area (Å²) in [5.74, 6) is -2.25. The fraction of sp³-hybridized carbons (Fsp3) is 0.250. The fourth-order valence-electron chi connectivity index (χ4n) is 3.31. The van der Waals surface area contributed by atoms with Crippen LogP contribution < -0.4 is 20.1 Å². The molecule has 2 aromatic carbocycles. The van der Waals surface area contributed by atoms with E-state index in [1.165, 1.54) is 6.92 Å². The van der Waals surface area contributed by atoms with Gasteiger partial charge in [0.05, 0.1) is 5.69 Å². The Kier molecular flexibility index (Phi) is 4.76. The van der Waals surface area contributed by atoms with Gasteiger partial charge in [-0.3, -0.25) is 14.5 Å². The molecule has 8 nitrogen and oxygen atoms in total. The number of nitrogens with zero attached hydrogens (tertiary/aromatic N) is 1. The third-order valence-corrected chi connectivity index (χ3v) is 4.90. The van der Waals surface area contributed by atoms with Crippen molar-refractivity contribution >= 4 is 23.5 Å². The van der Waals surface area contributed by atoms with Gasteiger partial charge in [-0.2, -0.15) is 0 Å². The summed E-state index contributed by atoms with van der Waals surface area (Å²) in [5, 5.41) is 4.80. The second-order valence-corrected chi connectivity index (χ2v) is 6.98. The van der Waals surface area contributed by atoms with Crippen molar-refractivity contribution in [1.29, 1.82) is 0 Å². The number of benzene rings is 2. The van der Waals surface area contributed by atoms with E-state index in [4.69, 9.17) is 9.47 Å². The molecule has 10 heteroatoms. The quantitative estimate of drug-likeness (QED) is 0.743. The van der Waals surface area contributed by atoms with Crippen molar-refractivity contribution in [2.24, 2.45) is 0 Å². The zero-order valence-electron chi connectivity index (χ0n) is 15.8. The maximum atomic E-state index is 13.7. The largest absolute Gasteiger partial charge is 0.486 e. The van der Waals surface area contributed by atoms with Crippen LogP contribution in [0.1, 0.15) is 12.5 Å². The van der Waals surface area contributed by atoms with Gasteiger partial charge in [0.15, 0.2) is 11.5 Å². The Morgan fingerprint density at radius 3 is 2.60 bits per heavy atom. The molecule has 1 saturated heterocycles. The third-order valence-electron chi connectivity index (χ3n) is 4.90. The van der Waals surface area contributed by atoms with Crippen LogP contribution in [0.2, 0.25) is 0 Å². The number of hydrogen-bond donors (Lipinski definition) is 2. The highest BCUT2D eigenvalue weighted by Gasteiger charge is 2.49. The molecule has 0 radical (unpaired) electrons. The molecule has 0 spiro atoms. The number of ether oxygens (including phenoxy) is 2. The fourth-order valence-corrected chi connectivity index (χ4v) is 3.31. The van der Waals surface area contributed by atoms with E-state index in [1.807, 2.05) is 0 Å². The minimum absolute atomic E-state index is 0.261. The Hall–Kier alpha value is -3.69. The van der Waals surface area contributed by atoms with Crippen molar-refractivity contribution in [1.82, 2.24) is 10.2 Å². The molecule has 0 aliphatic carbocycles. The van der Waals surface area contributed by atoms with Crippen LogP contribution in [0.5, 0.6) is 11.5 Å². The normalized spacial score (nSPS) is 20.2. The summed E-state index contributed by atoms with van der Waals surface area (Å²) in [6.45, 7) is 1.65. The standard InChI is InChI=1S/C20H17F2N3O5/c1-20(11-2-5-15-16(8-11)30-7-6-29-15)18(27)25(19(28)24-20)10-17(26)23-14-4-3-12(21)9-13(14)22/h2-5,8-9H,6-7,10H2,1H3,(H,23,26)(H,24,28)/t20-/m1/s1. The first-order chi connectivity index (χ1) is 14.3. The van der Waals surface area contributed by atoms with Gasteiger partial charge in [-0.25, -0.2) is 13.6 Å². The lowest BCUT2D eigenvalue weighted by atomic mass is 9.91. The van der Waals surface area contributed by atoms with E-state index in [2.05, 4.69) is 10.6 Å². The molecule has 0 aromatic heterocycles. The van der Waals surface area contributed by atoms with Gasteiger partial charge >= 0.3 is 6.03 Å². The van der Waals surface area contributed by atoms with Gasteiger partial charge in [-0.1, -0.05) is 6.07 Å². The Morgan fingerprint density at radius 1 is 1.13 bits per heavy atom. The number of anilines is 1. The molecule has 2 aliphatic heterocycles. The van der Waals surface area contributed by atoms with Gasteiger partial charge in [0, 0.05) is 6.07 Å². The van der Waals surface area contributed by atoms with Crippen LogP contribution in [-0.4, -0.2) is 42.5 Å². The molecule has 2 heterocycles. The van der Waals surface area contributed by atoms with Gasteiger partial charge in [0.1, 0.15) is 36.9 Å². The number of amides is 4. The highest BCUT2D eigenvalue weighted by molar-refractivity contribution is 6.10. The third kappa shape index (κ3) is 3.40. The molecular formula is C20H17F2N3O5. The van der Waals surface area contributed by atoms with Crippen molar-refractivity contribution in [2.75, 3.05) is 25.1 Å². The first-order valence-electron chi connectivity index (χ1n) is 9.07. The lowest BCUT2D eigenvalue weighted by Crippen LogP contribution is -2.42. The Morgan fingerprint density at radius 2 is 1.87 bits per heavy atom. The predicted molar refractivity (Wildman–Crippen MR) is 100 cm³/mol. The van der Waals surface area contributed by atoms with Crippen LogP contribution >= 0.6 is 0 Å². The molecule has 0 saturated carbocycles. The number of halogens is 2. The summed E-state index contributed by atoms with van der Waals surface area (Å²) in [7, 11) is 0. The maximum Gasteiger partial charge on any atom is 0.325 e. The van der Waals surface area contributed by atoms with Gasteiger partial charge in [0.2, 0.25) is 5.91 Å². The molecule has 1 atom stereocenters. The molecule has 1 fully saturated rings. The van der Waals surface area contributed by atoms with Crippen molar-refractivity contribution in [3.63, 3.8) is 0 Å². The number of fused-ring (bicyclic) bond motifs is 1. The molecule has 0 unspecified atom stereocenters. The lowest BCUT2D eigenvalue weighted by Gasteiger charge is -2.25. The number of rotatable bonds is 4. The molecule has 30 heavy (non-hydrogen) atoms. The highest BCUT2D eigenvalue weighted by atomic mass is 19.1. The predicted octanol–water partition coefficient (Wildman–Crippen LogP) is 2.14. The zero-order chi connectivity index (χ0) is 21.5. The molecule has 2 aromatic rings. The topological polar surface area (TPSA) is 97.0 Å². The molecular weight excluding hydrogens is 400 g/mol. The summed E-state index contributed by atoms with van der Waals surface area (Å²) in [6.07, 6.45) is 0. The molecule has 4 rings (SSSR count). The van der Waals surface area contributed by atoms with Crippen molar-refractivity contribution < 1.29 is 32.6 Å². The van der Waals surface area contributed by atoms with E-state index >= 15 is 0 Å². The Bertz CT molecular complexity index is 1060. The summed E-state index contributed by atoms with van der Waals surface area (Å²) in [5.41, 5.74) is -1.23. The smallest absolute Gasteiger partial charge is 0.325 e. The number of imide groups is 1. The molecule has 0 bridgehead atoms. The van der Waals surface area contributed by atoms with Gasteiger partial charge in [-0.15, -0.1) is 0 Å². The van der Waals surface area contributed by atoms with Crippen molar-refractivity contribution in [2.45, 2.75) is 12.5 Å². The van der Waals surface area contributed by atoms with Gasteiger partial charge < -0.3 is 20.1 Å². The van der Waals surface area contributed by atoms with Gasteiger partial charge in [0.25, 0.3) is 5.91 Å². The van der Waals surface area contributed by atoms with E-state index < -0.39 is 41.6 Å². The Labute approximate surface area is 169 Å². The zero-order valence-corrected chi connectivity index (χ0v) is 15.8. The number of carbonyl (C=O) groups is 3. The molecule has 2 N–H and O–H groups in total. The van der Waals surface area contributed by atoms with Crippen LogP contribution in [0.25, 0.3) is 0 Å². The van der Waals surface area contributed by atoms with E-state index in [0.29, 0.717) is 36.3 Å². The average Bonchev–Trinajstić information content (AvgIpc) is 2.94. The number of nitrogens with one attached hydrogen (secondary N) is 2. The Balaban J connectivity index is 1.51. The minimum Gasteiger partial charge on any atom is -0.486 e. The first-order valence-corrected chi connectivity index (χ1v) is 9.07. The van der Waals surface area contributed by atoms with E-state index in [-0.39, 0.29) is 5.69 Å².